The van der Waals surface area contributed by atoms with Gasteiger partial charge in [-0.05, 0) is 45.4 Å². The minimum absolute atomic E-state index is 0.150. The summed E-state index contributed by atoms with van der Waals surface area (Å²) in [5.41, 5.74) is 0.817. The number of anilines is 1. The van der Waals surface area contributed by atoms with E-state index in [-0.39, 0.29) is 12.1 Å². The highest BCUT2D eigenvalue weighted by molar-refractivity contribution is 6.32. The Morgan fingerprint density at radius 1 is 1.50 bits per heavy atom. The predicted molar refractivity (Wildman–Crippen MR) is 86.0 cm³/mol. The lowest BCUT2D eigenvalue weighted by molar-refractivity contribution is 0.0293. The largest absolute Gasteiger partial charge is 0.444 e. The number of amides is 1. The number of carbonyl (C=O) groups is 1. The summed E-state index contributed by atoms with van der Waals surface area (Å²) >= 11 is 6.02. The van der Waals surface area contributed by atoms with Crippen LogP contribution in [-0.2, 0) is 4.74 Å². The van der Waals surface area contributed by atoms with E-state index in [1.165, 1.54) is 0 Å². The topological polar surface area (TPSA) is 65.4 Å². The smallest absolute Gasteiger partial charge is 0.410 e. The first-order valence-corrected chi connectivity index (χ1v) is 7.60. The van der Waals surface area contributed by atoms with Crippen LogP contribution in [0.4, 0.5) is 10.5 Å². The van der Waals surface area contributed by atoms with E-state index in [9.17, 15) is 4.79 Å². The molecule has 0 aliphatic carbocycles. The second kappa shape index (κ2) is 6.45. The van der Waals surface area contributed by atoms with Crippen LogP contribution in [0.2, 0.25) is 5.02 Å². The van der Waals surface area contributed by atoms with Gasteiger partial charge in [-0.3, -0.25) is 0 Å². The summed E-state index contributed by atoms with van der Waals surface area (Å²) in [7, 11) is 0. The van der Waals surface area contributed by atoms with Gasteiger partial charge in [0, 0.05) is 24.8 Å². The number of rotatable bonds is 2. The Morgan fingerprint density at radius 3 is 2.82 bits per heavy atom. The second-order valence-electron chi connectivity index (χ2n) is 6.36. The zero-order chi connectivity index (χ0) is 16.3. The molecule has 1 atom stereocenters. The van der Waals surface area contributed by atoms with Crippen LogP contribution in [0.1, 0.15) is 32.8 Å². The molecule has 1 amide bonds. The molecule has 0 saturated carbocycles. The van der Waals surface area contributed by atoms with Crippen molar-refractivity contribution in [3.63, 3.8) is 0 Å². The molecule has 1 fully saturated rings. The van der Waals surface area contributed by atoms with Gasteiger partial charge in [0.05, 0.1) is 10.6 Å². The monoisotopic (exact) mass is 321 g/mol. The van der Waals surface area contributed by atoms with E-state index in [0.717, 1.165) is 12.1 Å². The molecule has 0 radical (unpaired) electrons. The molecule has 0 bridgehead atoms. The van der Waals surface area contributed by atoms with Crippen LogP contribution in [0.15, 0.2) is 18.2 Å². The molecule has 1 aliphatic heterocycles. The van der Waals surface area contributed by atoms with Gasteiger partial charge in [0.15, 0.2) is 0 Å². The Labute approximate surface area is 135 Å². The molecule has 2 rings (SSSR count). The minimum Gasteiger partial charge on any atom is -0.444 e. The standard InChI is InChI=1S/C16H20ClN3O2/c1-16(2,3)22-15(21)20-7-6-13(10-20)19-12-5-4-11(9-18)14(17)8-12/h4-5,8,13,19H,6-7,10H2,1-3H3/t13-/m0/s1. The Morgan fingerprint density at radius 2 is 2.23 bits per heavy atom. The molecular weight excluding hydrogens is 302 g/mol. The normalized spacial score (nSPS) is 18.0. The van der Waals surface area contributed by atoms with Crippen LogP contribution >= 0.6 is 11.6 Å². The van der Waals surface area contributed by atoms with E-state index < -0.39 is 5.60 Å². The van der Waals surface area contributed by atoms with Gasteiger partial charge >= 0.3 is 6.09 Å². The molecule has 1 saturated heterocycles. The highest BCUT2D eigenvalue weighted by Crippen LogP contribution is 2.23. The minimum atomic E-state index is -0.483. The SMILES string of the molecule is CC(C)(C)OC(=O)N1CC[C@H](Nc2ccc(C#N)c(Cl)c2)C1. The van der Waals surface area contributed by atoms with Crippen LogP contribution in [-0.4, -0.2) is 35.7 Å². The van der Waals surface area contributed by atoms with Crippen LogP contribution < -0.4 is 5.32 Å². The summed E-state index contributed by atoms with van der Waals surface area (Å²) in [4.78, 5) is 13.7. The zero-order valence-corrected chi connectivity index (χ0v) is 13.8. The fourth-order valence-electron chi connectivity index (χ4n) is 2.30. The summed E-state index contributed by atoms with van der Waals surface area (Å²) in [6.07, 6.45) is 0.561. The van der Waals surface area contributed by atoms with E-state index in [1.807, 2.05) is 32.9 Å². The number of nitrogens with zero attached hydrogens (tertiary/aromatic N) is 2. The predicted octanol–water partition coefficient (Wildman–Crippen LogP) is 3.63. The van der Waals surface area contributed by atoms with E-state index in [1.54, 1.807) is 17.0 Å². The number of hydrogen-bond acceptors (Lipinski definition) is 4. The van der Waals surface area contributed by atoms with Crippen molar-refractivity contribution in [3.05, 3.63) is 28.8 Å². The van der Waals surface area contributed by atoms with Gasteiger partial charge in [0.1, 0.15) is 11.7 Å². The molecular formula is C16H20ClN3O2. The summed E-state index contributed by atoms with van der Waals surface area (Å²) in [5, 5.41) is 12.6. The molecule has 0 aromatic heterocycles. The van der Waals surface area contributed by atoms with Gasteiger partial charge in [-0.25, -0.2) is 4.79 Å². The average molecular weight is 322 g/mol. The first-order valence-electron chi connectivity index (χ1n) is 7.22. The van der Waals surface area contributed by atoms with Crippen LogP contribution in [0, 0.1) is 11.3 Å². The zero-order valence-electron chi connectivity index (χ0n) is 13.0. The number of likely N-dealkylation sites (tertiary alicyclic amines) is 1. The van der Waals surface area contributed by atoms with Gasteiger partial charge in [0.25, 0.3) is 0 Å². The molecule has 1 aromatic rings. The molecule has 0 spiro atoms. The number of halogens is 1. The van der Waals surface area contributed by atoms with Crippen molar-refractivity contribution in [2.24, 2.45) is 0 Å². The van der Waals surface area contributed by atoms with Crippen LogP contribution in [0.3, 0.4) is 0 Å². The summed E-state index contributed by atoms with van der Waals surface area (Å²) in [5.74, 6) is 0. The first kappa shape index (κ1) is 16.4. The molecule has 0 unspecified atom stereocenters. The number of carbonyl (C=O) groups excluding carboxylic acids is 1. The van der Waals surface area contributed by atoms with Gasteiger partial charge in [-0.1, -0.05) is 11.6 Å². The molecule has 22 heavy (non-hydrogen) atoms. The highest BCUT2D eigenvalue weighted by Gasteiger charge is 2.29. The maximum absolute atomic E-state index is 12.0. The molecule has 1 aromatic carbocycles. The number of nitriles is 1. The highest BCUT2D eigenvalue weighted by atomic mass is 35.5. The molecule has 1 aliphatic rings. The van der Waals surface area contributed by atoms with Crippen molar-refractivity contribution in [1.82, 2.24) is 4.90 Å². The van der Waals surface area contributed by atoms with Crippen molar-refractivity contribution in [1.29, 1.82) is 5.26 Å². The molecule has 1 N–H and O–H groups in total. The van der Waals surface area contributed by atoms with Gasteiger partial charge < -0.3 is 15.0 Å². The molecule has 6 heteroatoms. The molecule has 1 heterocycles. The van der Waals surface area contributed by atoms with Gasteiger partial charge in [0.2, 0.25) is 0 Å². The van der Waals surface area contributed by atoms with Gasteiger partial charge in [-0.2, -0.15) is 5.26 Å². The maximum atomic E-state index is 12.0. The van der Waals surface area contributed by atoms with Crippen molar-refractivity contribution >= 4 is 23.4 Å². The Hall–Kier alpha value is -1.93. The third-order valence-corrected chi connectivity index (χ3v) is 3.61. The van der Waals surface area contributed by atoms with E-state index in [4.69, 9.17) is 21.6 Å². The first-order chi connectivity index (χ1) is 10.3. The quantitative estimate of drug-likeness (QED) is 0.903. The number of benzene rings is 1. The lowest BCUT2D eigenvalue weighted by atomic mass is 10.2. The Kier molecular flexibility index (Phi) is 4.82. The Bertz CT molecular complexity index is 604. The lowest BCUT2D eigenvalue weighted by Gasteiger charge is -2.24. The second-order valence-corrected chi connectivity index (χ2v) is 6.77. The van der Waals surface area contributed by atoms with Gasteiger partial charge in [-0.15, -0.1) is 0 Å². The lowest BCUT2D eigenvalue weighted by Crippen LogP contribution is -2.36. The third kappa shape index (κ3) is 4.28. The molecule has 5 nitrogen and oxygen atoms in total. The van der Waals surface area contributed by atoms with Crippen LogP contribution in [0.25, 0.3) is 0 Å². The average Bonchev–Trinajstić information content (AvgIpc) is 2.85. The number of ether oxygens (including phenoxy) is 1. The third-order valence-electron chi connectivity index (χ3n) is 3.30. The van der Waals surface area contributed by atoms with E-state index >= 15 is 0 Å². The van der Waals surface area contributed by atoms with E-state index in [2.05, 4.69) is 5.32 Å². The Balaban J connectivity index is 1.93. The van der Waals surface area contributed by atoms with Crippen molar-refractivity contribution < 1.29 is 9.53 Å². The summed E-state index contributed by atoms with van der Waals surface area (Å²) in [6.45, 7) is 6.82. The van der Waals surface area contributed by atoms with E-state index in [0.29, 0.717) is 23.7 Å². The van der Waals surface area contributed by atoms with Crippen LogP contribution in [0.5, 0.6) is 0 Å². The summed E-state index contributed by atoms with van der Waals surface area (Å²) in [6, 6.07) is 7.42. The van der Waals surface area contributed by atoms with Crippen molar-refractivity contribution in [3.8, 4) is 6.07 Å². The number of nitrogens with one attached hydrogen (secondary N) is 1. The number of hydrogen-bond donors (Lipinski definition) is 1. The maximum Gasteiger partial charge on any atom is 0.410 e. The summed E-state index contributed by atoms with van der Waals surface area (Å²) < 4.78 is 5.37. The fraction of sp³-hybridized carbons (Fsp3) is 0.500. The molecule has 118 valence electrons. The van der Waals surface area contributed by atoms with Crippen molar-refractivity contribution in [2.45, 2.75) is 38.8 Å². The van der Waals surface area contributed by atoms with Crippen molar-refractivity contribution in [2.75, 3.05) is 18.4 Å². The fourth-order valence-corrected chi connectivity index (χ4v) is 2.52.